The molecule has 166 valence electrons. The molecule has 0 unspecified atom stereocenters. The van der Waals surface area contributed by atoms with Crippen LogP contribution in [0.15, 0.2) is 65.8 Å². The molecule has 0 aliphatic rings. The highest BCUT2D eigenvalue weighted by molar-refractivity contribution is 6.42. The number of hydrogen-bond acceptors (Lipinski definition) is 5. The summed E-state index contributed by atoms with van der Waals surface area (Å²) >= 11 is 11.8. The van der Waals surface area contributed by atoms with Crippen LogP contribution in [0.3, 0.4) is 0 Å². The highest BCUT2D eigenvalue weighted by Crippen LogP contribution is 2.35. The van der Waals surface area contributed by atoms with Crippen LogP contribution >= 0.6 is 23.2 Å². The SMILES string of the molecule is O=[N+]([O-])c1cc(C(F)(F)F)ccc1N/N=C\c1ccc(OCc2ccc(Cl)c(Cl)c2)cc1. The van der Waals surface area contributed by atoms with Gasteiger partial charge in [-0.2, -0.15) is 18.3 Å². The van der Waals surface area contributed by atoms with Gasteiger partial charge in [-0.25, -0.2) is 0 Å². The zero-order valence-electron chi connectivity index (χ0n) is 16.1. The number of anilines is 1. The first-order valence-corrected chi connectivity index (χ1v) is 9.70. The molecule has 11 heteroatoms. The van der Waals surface area contributed by atoms with Crippen molar-refractivity contribution in [3.05, 3.63) is 97.5 Å². The van der Waals surface area contributed by atoms with Crippen LogP contribution < -0.4 is 10.2 Å². The first kappa shape index (κ1) is 23.4. The lowest BCUT2D eigenvalue weighted by atomic mass is 10.1. The van der Waals surface area contributed by atoms with Gasteiger partial charge in [-0.05, 0) is 59.7 Å². The number of rotatable bonds is 7. The van der Waals surface area contributed by atoms with Gasteiger partial charge in [0.1, 0.15) is 18.0 Å². The predicted octanol–water partition coefficient (Wildman–Crippen LogP) is 6.95. The van der Waals surface area contributed by atoms with Gasteiger partial charge < -0.3 is 4.74 Å². The standard InChI is InChI=1S/C21H14Cl2F3N3O3/c22-17-7-3-14(9-18(17)23)12-32-16-5-1-13(2-6-16)11-27-28-19-8-4-15(21(24,25)26)10-20(19)29(30)31/h1-11,28H,12H2/b27-11-. The number of nitrogens with one attached hydrogen (secondary N) is 1. The fourth-order valence-corrected chi connectivity index (χ4v) is 2.90. The molecule has 0 atom stereocenters. The lowest BCUT2D eigenvalue weighted by Gasteiger charge is -2.08. The summed E-state index contributed by atoms with van der Waals surface area (Å²) in [6.45, 7) is 0.281. The van der Waals surface area contributed by atoms with E-state index in [0.29, 0.717) is 27.4 Å². The molecule has 0 saturated heterocycles. The van der Waals surface area contributed by atoms with Crippen molar-refractivity contribution in [3.63, 3.8) is 0 Å². The van der Waals surface area contributed by atoms with Gasteiger partial charge in [0.2, 0.25) is 0 Å². The fourth-order valence-electron chi connectivity index (χ4n) is 2.58. The van der Waals surface area contributed by atoms with Crippen LogP contribution in [-0.2, 0) is 12.8 Å². The molecule has 1 N–H and O–H groups in total. The van der Waals surface area contributed by atoms with Crippen LogP contribution in [-0.4, -0.2) is 11.1 Å². The maximum atomic E-state index is 12.8. The molecule has 0 aromatic heterocycles. The molecule has 32 heavy (non-hydrogen) atoms. The van der Waals surface area contributed by atoms with E-state index in [4.69, 9.17) is 27.9 Å². The summed E-state index contributed by atoms with van der Waals surface area (Å²) < 4.78 is 43.9. The normalized spacial score (nSPS) is 11.5. The average molecular weight is 484 g/mol. The summed E-state index contributed by atoms with van der Waals surface area (Å²) in [6, 6.07) is 14.1. The number of halogens is 5. The molecule has 0 saturated carbocycles. The molecule has 3 rings (SSSR count). The maximum Gasteiger partial charge on any atom is 0.416 e. The van der Waals surface area contributed by atoms with Gasteiger partial charge in [-0.3, -0.25) is 15.5 Å². The van der Waals surface area contributed by atoms with Crippen LogP contribution in [0, 0.1) is 10.1 Å². The summed E-state index contributed by atoms with van der Waals surface area (Å²) in [4.78, 5) is 10.2. The highest BCUT2D eigenvalue weighted by atomic mass is 35.5. The smallest absolute Gasteiger partial charge is 0.416 e. The first-order chi connectivity index (χ1) is 15.1. The van der Waals surface area contributed by atoms with E-state index in [0.717, 1.165) is 17.7 Å². The van der Waals surface area contributed by atoms with Crippen LogP contribution in [0.1, 0.15) is 16.7 Å². The van der Waals surface area contributed by atoms with Gasteiger partial charge >= 0.3 is 6.18 Å². The first-order valence-electron chi connectivity index (χ1n) is 8.95. The number of alkyl halides is 3. The third kappa shape index (κ3) is 6.12. The zero-order valence-corrected chi connectivity index (χ0v) is 17.6. The molecule has 0 aliphatic heterocycles. The Morgan fingerprint density at radius 3 is 2.38 bits per heavy atom. The van der Waals surface area contributed by atoms with Crippen LogP contribution in [0.2, 0.25) is 10.0 Å². The maximum absolute atomic E-state index is 12.8. The molecule has 0 aliphatic carbocycles. The van der Waals surface area contributed by atoms with Crippen LogP contribution in [0.25, 0.3) is 0 Å². The molecule has 0 amide bonds. The monoisotopic (exact) mass is 483 g/mol. The summed E-state index contributed by atoms with van der Waals surface area (Å²) in [5.74, 6) is 0.583. The van der Waals surface area contributed by atoms with Crippen molar-refractivity contribution in [2.24, 2.45) is 5.10 Å². The quantitative estimate of drug-likeness (QED) is 0.224. The lowest BCUT2D eigenvalue weighted by molar-refractivity contribution is -0.384. The fraction of sp³-hybridized carbons (Fsp3) is 0.0952. The molecule has 0 bridgehead atoms. The van der Waals surface area contributed by atoms with E-state index in [1.807, 2.05) is 0 Å². The molecule has 0 heterocycles. The Labute approximate surface area is 190 Å². The van der Waals surface area contributed by atoms with Crippen molar-refractivity contribution in [1.82, 2.24) is 0 Å². The van der Waals surface area contributed by atoms with Crippen molar-refractivity contribution in [2.45, 2.75) is 12.8 Å². The summed E-state index contributed by atoms with van der Waals surface area (Å²) in [5, 5.41) is 15.8. The van der Waals surface area contributed by atoms with Crippen molar-refractivity contribution < 1.29 is 22.8 Å². The molecule has 0 radical (unpaired) electrons. The van der Waals surface area contributed by atoms with Gasteiger partial charge in [0, 0.05) is 6.07 Å². The number of nitro benzene ring substituents is 1. The van der Waals surface area contributed by atoms with E-state index in [2.05, 4.69) is 10.5 Å². The molecular formula is C21H14Cl2F3N3O3. The molecule has 0 fully saturated rings. The molecule has 0 spiro atoms. The second-order valence-electron chi connectivity index (χ2n) is 6.46. The minimum absolute atomic E-state index is 0.166. The van der Waals surface area contributed by atoms with Gasteiger partial charge in [0.25, 0.3) is 5.69 Å². The van der Waals surface area contributed by atoms with E-state index in [-0.39, 0.29) is 12.3 Å². The van der Waals surface area contributed by atoms with E-state index in [9.17, 15) is 23.3 Å². The number of benzene rings is 3. The van der Waals surface area contributed by atoms with Crippen molar-refractivity contribution in [3.8, 4) is 5.75 Å². The van der Waals surface area contributed by atoms with Gasteiger partial charge in [0.05, 0.1) is 26.7 Å². The molecule has 3 aromatic rings. The van der Waals surface area contributed by atoms with Gasteiger partial charge in [-0.15, -0.1) is 0 Å². The number of nitrogens with zero attached hydrogens (tertiary/aromatic N) is 2. The minimum atomic E-state index is -4.68. The Hall–Kier alpha value is -3.30. The topological polar surface area (TPSA) is 76.8 Å². The number of nitro groups is 1. The minimum Gasteiger partial charge on any atom is -0.489 e. The van der Waals surface area contributed by atoms with Crippen molar-refractivity contribution >= 4 is 40.8 Å². The lowest BCUT2D eigenvalue weighted by Crippen LogP contribution is -2.06. The number of hydrogen-bond donors (Lipinski definition) is 1. The van der Waals surface area contributed by atoms with Crippen molar-refractivity contribution in [1.29, 1.82) is 0 Å². The van der Waals surface area contributed by atoms with Gasteiger partial charge in [-0.1, -0.05) is 29.3 Å². The Morgan fingerprint density at radius 1 is 1.03 bits per heavy atom. The molecule has 3 aromatic carbocycles. The number of ether oxygens (including phenoxy) is 1. The number of hydrazone groups is 1. The zero-order chi connectivity index (χ0) is 23.3. The summed E-state index contributed by atoms with van der Waals surface area (Å²) in [6.07, 6.45) is -3.32. The van der Waals surface area contributed by atoms with E-state index in [1.54, 1.807) is 42.5 Å². The second-order valence-corrected chi connectivity index (χ2v) is 7.28. The summed E-state index contributed by atoms with van der Waals surface area (Å²) in [7, 11) is 0. The second kappa shape index (κ2) is 9.88. The summed E-state index contributed by atoms with van der Waals surface area (Å²) in [5.41, 5.74) is 1.86. The van der Waals surface area contributed by atoms with E-state index in [1.165, 1.54) is 6.21 Å². The van der Waals surface area contributed by atoms with Crippen LogP contribution in [0.4, 0.5) is 24.5 Å². The Kier molecular flexibility index (Phi) is 7.22. The van der Waals surface area contributed by atoms with E-state index < -0.39 is 22.4 Å². The molecular weight excluding hydrogens is 470 g/mol. The molecule has 6 nitrogen and oxygen atoms in total. The average Bonchev–Trinajstić information content (AvgIpc) is 2.75. The van der Waals surface area contributed by atoms with E-state index >= 15 is 0 Å². The Bertz CT molecular complexity index is 1150. The Morgan fingerprint density at radius 2 is 1.75 bits per heavy atom. The Balaban J connectivity index is 1.62. The third-order valence-corrected chi connectivity index (χ3v) is 4.93. The van der Waals surface area contributed by atoms with Crippen LogP contribution in [0.5, 0.6) is 5.75 Å². The largest absolute Gasteiger partial charge is 0.489 e. The van der Waals surface area contributed by atoms with Crippen molar-refractivity contribution in [2.75, 3.05) is 5.43 Å². The third-order valence-electron chi connectivity index (χ3n) is 4.19. The highest BCUT2D eigenvalue weighted by Gasteiger charge is 2.33. The van der Waals surface area contributed by atoms with Gasteiger partial charge in [0.15, 0.2) is 0 Å². The predicted molar refractivity (Wildman–Crippen MR) is 117 cm³/mol.